The molecule has 1 aromatic heterocycles. The van der Waals surface area contributed by atoms with Crippen molar-refractivity contribution in [2.24, 2.45) is 5.92 Å². The van der Waals surface area contributed by atoms with Crippen LogP contribution in [0.25, 0.3) is 0 Å². The molecule has 0 fully saturated rings. The van der Waals surface area contributed by atoms with E-state index in [2.05, 4.69) is 16.9 Å². The van der Waals surface area contributed by atoms with Gasteiger partial charge in [0.1, 0.15) is 0 Å². The third kappa shape index (κ3) is 6.77. The summed E-state index contributed by atoms with van der Waals surface area (Å²) < 4.78 is 0. The maximum Gasteiger partial charge on any atom is 0.0919 e. The van der Waals surface area contributed by atoms with E-state index >= 15 is 0 Å². The van der Waals surface area contributed by atoms with Gasteiger partial charge in [-0.15, -0.1) is 0 Å². The second-order valence-corrected chi connectivity index (χ2v) is 2.31. The Bertz CT molecular complexity index is 141. The van der Waals surface area contributed by atoms with Crippen LogP contribution in [0.3, 0.4) is 0 Å². The molecule has 0 saturated heterocycles. The van der Waals surface area contributed by atoms with Gasteiger partial charge in [0.05, 0.1) is 6.33 Å². The van der Waals surface area contributed by atoms with Crippen molar-refractivity contribution in [2.75, 3.05) is 0 Å². The van der Waals surface area contributed by atoms with Crippen LogP contribution in [0.5, 0.6) is 0 Å². The quantitative estimate of drug-likeness (QED) is 0.628. The first-order valence-electron chi connectivity index (χ1n) is 3.74. The predicted octanol–water partition coefficient (Wildman–Crippen LogP) is 2.09. The summed E-state index contributed by atoms with van der Waals surface area (Å²) in [5, 5.41) is 6.68. The molecule has 1 rings (SSSR count). The Morgan fingerprint density at radius 2 is 2.45 bits per heavy atom. The van der Waals surface area contributed by atoms with E-state index in [-0.39, 0.29) is 0 Å². The summed E-state index contributed by atoms with van der Waals surface area (Å²) in [6.45, 7) is 4.11. The number of hydrogen-bond donors (Lipinski definition) is 2. The molecule has 0 aromatic carbocycles. The van der Waals surface area contributed by atoms with Crippen LogP contribution in [0.1, 0.15) is 20.3 Å². The van der Waals surface area contributed by atoms with Gasteiger partial charge in [-0.2, -0.15) is 0 Å². The molecule has 1 atom stereocenters. The van der Waals surface area contributed by atoms with Gasteiger partial charge in [0.2, 0.25) is 0 Å². The Morgan fingerprint density at radius 3 is 2.55 bits per heavy atom. The highest BCUT2D eigenvalue weighted by Crippen LogP contribution is 1.92. The molecule has 0 spiro atoms. The van der Waals surface area contributed by atoms with E-state index in [1.165, 1.54) is 6.21 Å². The number of imidazole rings is 1. The van der Waals surface area contributed by atoms with Gasteiger partial charge in [0, 0.05) is 12.4 Å². The standard InChI is InChI=1S/C5H11N.C3H4N2/c1-3-5(2)4-6;1-2-5-3-4-1/h4-6H,3H2,1-2H3;1-3H,(H,4,5). The van der Waals surface area contributed by atoms with Crippen LogP contribution < -0.4 is 0 Å². The Morgan fingerprint density at radius 1 is 1.73 bits per heavy atom. The number of aromatic nitrogens is 2. The summed E-state index contributed by atoms with van der Waals surface area (Å²) in [6, 6.07) is 0. The first-order chi connectivity index (χ1) is 5.31. The second kappa shape index (κ2) is 6.99. The van der Waals surface area contributed by atoms with Gasteiger partial charge >= 0.3 is 0 Å². The van der Waals surface area contributed by atoms with Crippen molar-refractivity contribution in [3.8, 4) is 0 Å². The number of aromatic amines is 1. The highest BCUT2D eigenvalue weighted by molar-refractivity contribution is 5.55. The van der Waals surface area contributed by atoms with Gasteiger partial charge in [-0.25, -0.2) is 4.98 Å². The number of nitrogens with one attached hydrogen (secondary N) is 2. The van der Waals surface area contributed by atoms with Crippen LogP contribution in [-0.4, -0.2) is 16.2 Å². The lowest BCUT2D eigenvalue weighted by molar-refractivity contribution is 0.751. The summed E-state index contributed by atoms with van der Waals surface area (Å²) >= 11 is 0. The van der Waals surface area contributed by atoms with Gasteiger partial charge in [-0.3, -0.25) is 0 Å². The lowest BCUT2D eigenvalue weighted by atomic mass is 10.1. The van der Waals surface area contributed by atoms with E-state index in [1.54, 1.807) is 18.7 Å². The number of hydrogen-bond acceptors (Lipinski definition) is 2. The van der Waals surface area contributed by atoms with E-state index in [0.717, 1.165) is 6.42 Å². The molecule has 0 aliphatic rings. The molecule has 0 radical (unpaired) electrons. The van der Waals surface area contributed by atoms with E-state index in [1.807, 2.05) is 6.92 Å². The largest absolute Gasteiger partial charge is 0.351 e. The fourth-order valence-corrected chi connectivity index (χ4v) is 0.333. The summed E-state index contributed by atoms with van der Waals surface area (Å²) in [6.07, 6.45) is 7.64. The molecule has 0 aliphatic heterocycles. The number of rotatable bonds is 2. The van der Waals surface area contributed by atoms with Crippen LogP contribution in [0.4, 0.5) is 0 Å². The van der Waals surface area contributed by atoms with Crippen LogP contribution in [-0.2, 0) is 0 Å². The molecular formula is C8H15N3. The van der Waals surface area contributed by atoms with Gasteiger partial charge < -0.3 is 10.4 Å². The van der Waals surface area contributed by atoms with E-state index in [4.69, 9.17) is 5.41 Å². The monoisotopic (exact) mass is 153 g/mol. The van der Waals surface area contributed by atoms with Crippen LogP contribution >= 0.6 is 0 Å². The summed E-state index contributed by atoms with van der Waals surface area (Å²) in [4.78, 5) is 6.42. The summed E-state index contributed by atoms with van der Waals surface area (Å²) in [5.74, 6) is 0.477. The third-order valence-corrected chi connectivity index (χ3v) is 1.33. The van der Waals surface area contributed by atoms with Crippen molar-refractivity contribution in [3.63, 3.8) is 0 Å². The third-order valence-electron chi connectivity index (χ3n) is 1.33. The molecule has 0 aliphatic carbocycles. The Hall–Kier alpha value is -1.12. The smallest absolute Gasteiger partial charge is 0.0919 e. The van der Waals surface area contributed by atoms with Crippen molar-refractivity contribution in [1.82, 2.24) is 9.97 Å². The molecule has 3 nitrogen and oxygen atoms in total. The van der Waals surface area contributed by atoms with Crippen molar-refractivity contribution in [3.05, 3.63) is 18.7 Å². The fraction of sp³-hybridized carbons (Fsp3) is 0.500. The molecule has 0 saturated carbocycles. The lowest BCUT2D eigenvalue weighted by Gasteiger charge is -1.92. The molecule has 1 unspecified atom stereocenters. The van der Waals surface area contributed by atoms with E-state index < -0.39 is 0 Å². The van der Waals surface area contributed by atoms with Gasteiger partial charge in [-0.1, -0.05) is 13.8 Å². The zero-order chi connectivity index (χ0) is 8.53. The normalized spacial score (nSPS) is 11.1. The van der Waals surface area contributed by atoms with Crippen molar-refractivity contribution < 1.29 is 0 Å². The van der Waals surface area contributed by atoms with Gasteiger partial charge in [0.15, 0.2) is 0 Å². The minimum atomic E-state index is 0.477. The Labute approximate surface area is 67.4 Å². The average Bonchev–Trinajstić information content (AvgIpc) is 2.60. The molecular weight excluding hydrogens is 138 g/mol. The van der Waals surface area contributed by atoms with Gasteiger partial charge in [0.25, 0.3) is 0 Å². The average molecular weight is 153 g/mol. The van der Waals surface area contributed by atoms with E-state index in [0.29, 0.717) is 5.92 Å². The van der Waals surface area contributed by atoms with Crippen molar-refractivity contribution in [2.45, 2.75) is 20.3 Å². The lowest BCUT2D eigenvalue weighted by Crippen LogP contribution is -1.88. The van der Waals surface area contributed by atoms with Crippen LogP contribution in [0, 0.1) is 11.3 Å². The fourth-order valence-electron chi connectivity index (χ4n) is 0.333. The first-order valence-corrected chi connectivity index (χ1v) is 3.74. The van der Waals surface area contributed by atoms with Crippen molar-refractivity contribution in [1.29, 1.82) is 5.41 Å². The van der Waals surface area contributed by atoms with Crippen LogP contribution in [0.15, 0.2) is 18.7 Å². The molecule has 0 amide bonds. The zero-order valence-corrected chi connectivity index (χ0v) is 7.04. The minimum Gasteiger partial charge on any atom is -0.351 e. The second-order valence-electron chi connectivity index (χ2n) is 2.31. The van der Waals surface area contributed by atoms with Gasteiger partial charge in [-0.05, 0) is 18.6 Å². The zero-order valence-electron chi connectivity index (χ0n) is 7.04. The molecule has 1 heterocycles. The summed E-state index contributed by atoms with van der Waals surface area (Å²) in [7, 11) is 0. The highest BCUT2D eigenvalue weighted by atomic mass is 14.8. The minimum absolute atomic E-state index is 0.477. The first kappa shape index (κ1) is 9.88. The number of nitrogens with zero attached hydrogens (tertiary/aromatic N) is 1. The maximum atomic E-state index is 6.68. The highest BCUT2D eigenvalue weighted by Gasteiger charge is 1.86. The molecule has 11 heavy (non-hydrogen) atoms. The molecule has 0 bridgehead atoms. The molecule has 1 aromatic rings. The molecule has 3 heteroatoms. The Kier molecular flexibility index (Phi) is 6.28. The van der Waals surface area contributed by atoms with Crippen molar-refractivity contribution >= 4 is 6.21 Å². The van der Waals surface area contributed by atoms with Crippen LogP contribution in [0.2, 0.25) is 0 Å². The van der Waals surface area contributed by atoms with E-state index in [9.17, 15) is 0 Å². The summed E-state index contributed by atoms with van der Waals surface area (Å²) in [5.41, 5.74) is 0. The molecule has 62 valence electrons. The number of H-pyrrole nitrogens is 1. The Balaban J connectivity index is 0.000000183. The molecule has 2 N–H and O–H groups in total. The SMILES string of the molecule is CCC(C)C=N.c1c[nH]cn1. The maximum absolute atomic E-state index is 6.68. The topological polar surface area (TPSA) is 52.5 Å². The predicted molar refractivity (Wildman–Crippen MR) is 46.8 cm³/mol.